The second-order valence-corrected chi connectivity index (χ2v) is 12.5. The van der Waals surface area contributed by atoms with Crippen molar-refractivity contribution in [1.82, 2.24) is 0 Å². The van der Waals surface area contributed by atoms with E-state index >= 15 is 0 Å². The van der Waals surface area contributed by atoms with E-state index < -0.39 is 0 Å². The predicted octanol–water partition coefficient (Wildman–Crippen LogP) is 1.75. The average Bonchev–Trinajstić information content (AvgIpc) is 1.88. The summed E-state index contributed by atoms with van der Waals surface area (Å²) in [6.45, 7) is 7.17. The summed E-state index contributed by atoms with van der Waals surface area (Å²) < 4.78 is 0. The quantitative estimate of drug-likeness (QED) is 0.538. The molecule has 0 radical (unpaired) electrons. The van der Waals surface area contributed by atoms with Crippen LogP contribution in [0.15, 0.2) is 0 Å². The molecule has 0 N–H and O–H groups in total. The highest BCUT2D eigenvalue weighted by Gasteiger charge is 2.03. The van der Waals surface area contributed by atoms with E-state index in [1.807, 2.05) is 0 Å². The van der Waals surface area contributed by atoms with E-state index in [2.05, 4.69) is 20.4 Å². The van der Waals surface area contributed by atoms with Gasteiger partial charge in [-0.25, -0.2) is 0 Å². The fourth-order valence-corrected chi connectivity index (χ4v) is 9.01. The molecule has 0 saturated carbocycles. The molecule has 0 spiro atoms. The van der Waals surface area contributed by atoms with E-state index in [0.717, 1.165) is 0 Å². The van der Waals surface area contributed by atoms with Crippen LogP contribution < -0.4 is 0 Å². The maximum absolute atomic E-state index is 2.50. The van der Waals surface area contributed by atoms with E-state index in [0.29, 0.717) is 9.04 Å². The van der Waals surface area contributed by atoms with Crippen LogP contribution >= 0.6 is 0 Å². The molecule has 0 heterocycles. The summed E-state index contributed by atoms with van der Waals surface area (Å²) in [6.07, 6.45) is 2.91. The van der Waals surface area contributed by atoms with Crippen LogP contribution in [-0.4, -0.2) is 17.4 Å². The molecule has 0 aliphatic heterocycles. The normalized spacial score (nSPS) is 12.0. The minimum absolute atomic E-state index is 0.0741. The van der Waals surface area contributed by atoms with Crippen molar-refractivity contribution in [1.29, 1.82) is 0 Å². The van der Waals surface area contributed by atoms with Gasteiger partial charge in [0.05, 0.1) is 0 Å². The van der Waals surface area contributed by atoms with Crippen molar-refractivity contribution >= 4 is 17.4 Å². The second kappa shape index (κ2) is 6.55. The molecule has 0 amide bonds. The largest absolute Gasteiger partial charge is 0.0769 e. The van der Waals surface area contributed by atoms with Crippen molar-refractivity contribution in [2.45, 2.75) is 45.3 Å². The minimum atomic E-state index is -0.0741. The molecule has 2 heteroatoms. The van der Waals surface area contributed by atoms with Crippen LogP contribution in [0.5, 0.6) is 0 Å². The monoisotopic (exact) mass is 160 g/mol. The van der Waals surface area contributed by atoms with Gasteiger partial charge in [0.15, 0.2) is 0 Å². The van der Waals surface area contributed by atoms with Crippen LogP contribution in [0.3, 0.4) is 0 Å². The van der Waals surface area contributed by atoms with Crippen LogP contribution in [-0.2, 0) is 0 Å². The first-order valence-electron chi connectivity index (χ1n) is 4.35. The Bertz CT molecular complexity index is 48.9. The van der Waals surface area contributed by atoms with Crippen molar-refractivity contribution in [3.63, 3.8) is 0 Å². The Balaban J connectivity index is 3.18. The first-order chi connectivity index (χ1) is 4.35. The minimum Gasteiger partial charge on any atom is -0.0769 e. The van der Waals surface area contributed by atoms with Crippen LogP contribution in [0.25, 0.3) is 0 Å². The third-order valence-electron chi connectivity index (χ3n) is 1.97. The van der Waals surface area contributed by atoms with Crippen molar-refractivity contribution in [3.05, 3.63) is 0 Å². The molecule has 0 aliphatic rings. The van der Waals surface area contributed by atoms with Crippen molar-refractivity contribution < 1.29 is 0 Å². The summed E-state index contributed by atoms with van der Waals surface area (Å²) in [7, 11) is 0.371. The second-order valence-electron chi connectivity index (χ2n) is 2.85. The summed E-state index contributed by atoms with van der Waals surface area (Å²) in [6, 6.07) is 3.27. The Morgan fingerprint density at radius 3 is 1.78 bits per heavy atom. The summed E-state index contributed by atoms with van der Waals surface area (Å²) in [5.74, 6) is 0. The lowest BCUT2D eigenvalue weighted by atomic mass is 10.6. The van der Waals surface area contributed by atoms with Crippen LogP contribution in [0.4, 0.5) is 0 Å². The fourth-order valence-electron chi connectivity index (χ4n) is 1.37. The summed E-state index contributed by atoms with van der Waals surface area (Å²) in [5, 5.41) is 0. The zero-order valence-electron chi connectivity index (χ0n) is 7.11. The molecule has 0 aromatic carbocycles. The van der Waals surface area contributed by atoms with Gasteiger partial charge in [-0.2, -0.15) is 0 Å². The molecule has 0 aliphatic carbocycles. The maximum Gasteiger partial charge on any atom is 0.0238 e. The van der Waals surface area contributed by atoms with Gasteiger partial charge in [-0.1, -0.05) is 45.3 Å². The highest BCUT2D eigenvalue weighted by Crippen LogP contribution is 2.03. The summed E-state index contributed by atoms with van der Waals surface area (Å²) in [4.78, 5) is 0. The Morgan fingerprint density at radius 2 is 1.56 bits per heavy atom. The van der Waals surface area contributed by atoms with E-state index in [1.165, 1.54) is 12.8 Å². The van der Waals surface area contributed by atoms with E-state index in [-0.39, 0.29) is 8.31 Å². The maximum atomic E-state index is 2.50. The topological polar surface area (TPSA) is 0 Å². The predicted molar refractivity (Wildman–Crippen MR) is 51.8 cm³/mol. The van der Waals surface area contributed by atoms with Crippen molar-refractivity contribution in [3.8, 4) is 0 Å². The molecule has 0 nitrogen and oxygen atoms in total. The SMILES string of the molecule is CCC[SiH](CCC)[SiH2]C. The van der Waals surface area contributed by atoms with E-state index in [4.69, 9.17) is 0 Å². The molecule has 0 aromatic heterocycles. The van der Waals surface area contributed by atoms with E-state index in [9.17, 15) is 0 Å². The van der Waals surface area contributed by atoms with Gasteiger partial charge in [0.2, 0.25) is 0 Å². The van der Waals surface area contributed by atoms with Gasteiger partial charge in [0.25, 0.3) is 0 Å². The van der Waals surface area contributed by atoms with Crippen LogP contribution in [0.2, 0.25) is 18.6 Å². The van der Waals surface area contributed by atoms with E-state index in [1.54, 1.807) is 12.1 Å². The third-order valence-corrected chi connectivity index (χ3v) is 11.8. The van der Waals surface area contributed by atoms with Crippen molar-refractivity contribution in [2.75, 3.05) is 0 Å². The molecule has 0 atom stereocenters. The Kier molecular flexibility index (Phi) is 6.87. The first kappa shape index (κ1) is 9.43. The lowest BCUT2D eigenvalue weighted by molar-refractivity contribution is 1.02. The molecular weight excluding hydrogens is 140 g/mol. The van der Waals surface area contributed by atoms with Gasteiger partial charge in [-0.3, -0.25) is 0 Å². The van der Waals surface area contributed by atoms with Gasteiger partial charge < -0.3 is 0 Å². The van der Waals surface area contributed by atoms with Gasteiger partial charge in [0, 0.05) is 17.4 Å². The molecule has 0 unspecified atom stereocenters. The molecule has 0 saturated heterocycles. The molecule has 0 rings (SSSR count). The van der Waals surface area contributed by atoms with Gasteiger partial charge in [-0.15, -0.1) is 0 Å². The zero-order chi connectivity index (χ0) is 7.11. The lowest BCUT2D eigenvalue weighted by Crippen LogP contribution is -2.18. The fraction of sp³-hybridized carbons (Fsp3) is 1.00. The number of rotatable bonds is 5. The third kappa shape index (κ3) is 4.91. The molecule has 0 aromatic rings. The summed E-state index contributed by atoms with van der Waals surface area (Å²) in [5.41, 5.74) is 0. The van der Waals surface area contributed by atoms with Crippen molar-refractivity contribution in [2.24, 2.45) is 0 Å². The Labute approximate surface area is 63.3 Å². The van der Waals surface area contributed by atoms with Gasteiger partial charge in [0.1, 0.15) is 0 Å². The van der Waals surface area contributed by atoms with Crippen LogP contribution in [0, 0.1) is 0 Å². The molecule has 0 bridgehead atoms. The first-order valence-corrected chi connectivity index (χ1v) is 10.7. The zero-order valence-corrected chi connectivity index (χ0v) is 9.68. The highest BCUT2D eigenvalue weighted by atomic mass is 29.2. The molecule has 9 heavy (non-hydrogen) atoms. The molecular formula is C7H20Si2. The summed E-state index contributed by atoms with van der Waals surface area (Å²) >= 11 is 0. The standard InChI is InChI=1S/C7H20Si2/c1-4-6-9(8-3)7-5-2/h9H,4-8H2,1-3H3. The van der Waals surface area contributed by atoms with Gasteiger partial charge >= 0.3 is 0 Å². The Hall–Kier alpha value is 0.434. The number of hydrogen-bond acceptors (Lipinski definition) is 0. The van der Waals surface area contributed by atoms with Gasteiger partial charge in [-0.05, 0) is 0 Å². The lowest BCUT2D eigenvalue weighted by Gasteiger charge is -2.08. The average molecular weight is 160 g/mol. The number of hydrogen-bond donors (Lipinski definition) is 0. The molecule has 56 valence electrons. The Morgan fingerprint density at radius 1 is 1.11 bits per heavy atom. The highest BCUT2D eigenvalue weighted by molar-refractivity contribution is 7.11. The van der Waals surface area contributed by atoms with Crippen LogP contribution in [0.1, 0.15) is 26.7 Å². The molecule has 0 fully saturated rings. The smallest absolute Gasteiger partial charge is 0.0238 e.